The minimum atomic E-state index is -4.41. The van der Waals surface area contributed by atoms with Crippen LogP contribution in [-0.4, -0.2) is 21.0 Å². The predicted octanol–water partition coefficient (Wildman–Crippen LogP) is 6.27. The van der Waals surface area contributed by atoms with E-state index in [4.69, 9.17) is 0 Å². The lowest BCUT2D eigenvalue weighted by Crippen LogP contribution is -2.16. The van der Waals surface area contributed by atoms with Crippen LogP contribution in [0.1, 0.15) is 25.8 Å². The number of hydrogen-bond donors (Lipinski definition) is 2. The fraction of sp³-hybridized carbons (Fsp3) is 0.250. The third-order valence-corrected chi connectivity index (χ3v) is 4.86. The second-order valence-electron chi connectivity index (χ2n) is 6.45. The highest BCUT2D eigenvalue weighted by molar-refractivity contribution is 9.10. The molecule has 0 radical (unpaired) electrons. The Hall–Kier alpha value is -2.68. The summed E-state index contributed by atoms with van der Waals surface area (Å²) in [6.07, 6.45) is -1.86. The third kappa shape index (κ3) is 5.44. The van der Waals surface area contributed by atoms with Crippen LogP contribution < -0.4 is 10.6 Å². The first-order valence-corrected chi connectivity index (χ1v) is 9.76. The maximum Gasteiger partial charge on any atom is 0.416 e. The molecule has 0 fully saturated rings. The van der Waals surface area contributed by atoms with E-state index >= 15 is 0 Å². The zero-order valence-electron chi connectivity index (χ0n) is 15.8. The summed E-state index contributed by atoms with van der Waals surface area (Å²) in [5.74, 6) is 0.847. The van der Waals surface area contributed by atoms with E-state index in [-0.39, 0.29) is 10.5 Å². The molecular formula is C20H19BrF3N5. The van der Waals surface area contributed by atoms with Gasteiger partial charge in [0.25, 0.3) is 0 Å². The van der Waals surface area contributed by atoms with Crippen molar-refractivity contribution in [1.29, 1.82) is 0 Å². The Labute approximate surface area is 174 Å². The van der Waals surface area contributed by atoms with Crippen LogP contribution >= 0.6 is 15.9 Å². The van der Waals surface area contributed by atoms with Crippen LogP contribution in [0.4, 0.5) is 30.6 Å². The number of nitrogens with zero attached hydrogens (tertiary/aromatic N) is 3. The van der Waals surface area contributed by atoms with Gasteiger partial charge in [0.15, 0.2) is 0 Å². The fourth-order valence-electron chi connectivity index (χ4n) is 2.47. The van der Waals surface area contributed by atoms with E-state index in [9.17, 15) is 13.2 Å². The summed E-state index contributed by atoms with van der Waals surface area (Å²) in [5.41, 5.74) is 0.984. The molecule has 3 rings (SSSR count). The molecule has 0 saturated heterocycles. The van der Waals surface area contributed by atoms with Gasteiger partial charge in [-0.25, -0.2) is 4.98 Å². The molecule has 152 valence electrons. The Bertz CT molecular complexity index is 980. The first kappa shape index (κ1) is 21.0. The van der Waals surface area contributed by atoms with Gasteiger partial charge in [0.05, 0.1) is 22.6 Å². The summed E-state index contributed by atoms with van der Waals surface area (Å²) >= 11 is 3.20. The molecule has 0 unspecified atom stereocenters. The van der Waals surface area contributed by atoms with Crippen molar-refractivity contribution in [3.05, 3.63) is 58.7 Å². The molecule has 1 aromatic carbocycles. The van der Waals surface area contributed by atoms with Crippen molar-refractivity contribution in [2.45, 2.75) is 32.5 Å². The molecule has 0 aliphatic rings. The molecule has 0 bridgehead atoms. The average molecular weight is 466 g/mol. The fourth-order valence-corrected chi connectivity index (χ4v) is 2.95. The van der Waals surface area contributed by atoms with E-state index in [1.807, 2.05) is 32.0 Å². The van der Waals surface area contributed by atoms with Crippen LogP contribution in [-0.2, 0) is 6.18 Å². The van der Waals surface area contributed by atoms with Crippen molar-refractivity contribution in [3.63, 3.8) is 0 Å². The van der Waals surface area contributed by atoms with Crippen molar-refractivity contribution >= 4 is 33.4 Å². The summed E-state index contributed by atoms with van der Waals surface area (Å²) in [5, 5.41) is 6.28. The lowest BCUT2D eigenvalue weighted by atomic mass is 10.2. The van der Waals surface area contributed by atoms with Gasteiger partial charge in [0.1, 0.15) is 5.82 Å². The van der Waals surface area contributed by atoms with Crippen molar-refractivity contribution in [1.82, 2.24) is 15.0 Å². The summed E-state index contributed by atoms with van der Waals surface area (Å²) < 4.78 is 39.0. The number of pyridine rings is 1. The normalized spacial score (nSPS) is 12.5. The summed E-state index contributed by atoms with van der Waals surface area (Å²) in [7, 11) is 0. The lowest BCUT2D eigenvalue weighted by molar-refractivity contribution is -0.137. The third-order valence-electron chi connectivity index (χ3n) is 4.20. The van der Waals surface area contributed by atoms with E-state index in [0.29, 0.717) is 28.8 Å². The van der Waals surface area contributed by atoms with E-state index in [0.717, 1.165) is 18.6 Å². The molecular weight excluding hydrogens is 447 g/mol. The Morgan fingerprint density at radius 3 is 2.48 bits per heavy atom. The van der Waals surface area contributed by atoms with E-state index in [2.05, 4.69) is 41.5 Å². The Morgan fingerprint density at radius 2 is 1.86 bits per heavy atom. The standard InChI is InChI=1S/C20H19BrF3N5/c1-3-12(2)26-19-28-17(16-6-4-5-9-25-16)11-18(29-19)27-15-8-7-13(10-14(15)21)20(22,23)24/h4-12H,3H2,1-2H3,(H2,26,27,28,29)/t12-/m1/s1. The first-order chi connectivity index (χ1) is 13.8. The molecule has 2 N–H and O–H groups in total. The van der Waals surface area contributed by atoms with Gasteiger partial charge in [-0.15, -0.1) is 0 Å². The van der Waals surface area contributed by atoms with Crippen molar-refractivity contribution in [3.8, 4) is 11.4 Å². The molecule has 29 heavy (non-hydrogen) atoms. The van der Waals surface area contributed by atoms with Crippen LogP contribution in [0.5, 0.6) is 0 Å². The first-order valence-electron chi connectivity index (χ1n) is 8.97. The van der Waals surface area contributed by atoms with E-state index in [1.165, 1.54) is 6.07 Å². The molecule has 3 aromatic rings. The zero-order valence-corrected chi connectivity index (χ0v) is 17.3. The molecule has 0 aliphatic heterocycles. The SMILES string of the molecule is CC[C@@H](C)Nc1nc(Nc2ccc(C(F)(F)F)cc2Br)cc(-c2ccccn2)n1. The highest BCUT2D eigenvalue weighted by Gasteiger charge is 2.30. The number of halogens is 4. The smallest absolute Gasteiger partial charge is 0.352 e. The number of alkyl halides is 3. The number of rotatable bonds is 6. The predicted molar refractivity (Wildman–Crippen MR) is 111 cm³/mol. The quantitative estimate of drug-likeness (QED) is 0.448. The van der Waals surface area contributed by atoms with Gasteiger partial charge in [-0.3, -0.25) is 4.98 Å². The van der Waals surface area contributed by atoms with Gasteiger partial charge < -0.3 is 10.6 Å². The van der Waals surface area contributed by atoms with E-state index in [1.54, 1.807) is 12.3 Å². The van der Waals surface area contributed by atoms with E-state index < -0.39 is 11.7 Å². The number of anilines is 3. The van der Waals surface area contributed by atoms with Gasteiger partial charge in [0, 0.05) is 22.8 Å². The zero-order chi connectivity index (χ0) is 21.0. The Balaban J connectivity index is 1.97. The largest absolute Gasteiger partial charge is 0.416 e. The minimum Gasteiger partial charge on any atom is -0.352 e. The molecule has 2 aromatic heterocycles. The van der Waals surface area contributed by atoms with Crippen molar-refractivity contribution < 1.29 is 13.2 Å². The van der Waals surface area contributed by atoms with Gasteiger partial charge >= 0.3 is 6.18 Å². The van der Waals surface area contributed by atoms with Crippen LogP contribution in [0.3, 0.4) is 0 Å². The maximum absolute atomic E-state index is 12.9. The number of benzene rings is 1. The molecule has 0 spiro atoms. The molecule has 2 heterocycles. The lowest BCUT2D eigenvalue weighted by Gasteiger charge is -2.15. The summed E-state index contributed by atoms with van der Waals surface area (Å²) in [6.45, 7) is 4.05. The maximum atomic E-state index is 12.9. The molecule has 0 aliphatic carbocycles. The van der Waals surface area contributed by atoms with Crippen molar-refractivity contribution in [2.75, 3.05) is 10.6 Å². The minimum absolute atomic E-state index is 0.152. The summed E-state index contributed by atoms with van der Waals surface area (Å²) in [6, 6.07) is 10.7. The highest BCUT2D eigenvalue weighted by atomic mass is 79.9. The van der Waals surface area contributed by atoms with Crippen LogP contribution in [0, 0.1) is 0 Å². The molecule has 0 amide bonds. The highest BCUT2D eigenvalue weighted by Crippen LogP contribution is 2.35. The second kappa shape index (κ2) is 8.77. The molecule has 9 heteroatoms. The molecule has 1 atom stereocenters. The number of nitrogens with one attached hydrogen (secondary N) is 2. The van der Waals surface area contributed by atoms with Crippen LogP contribution in [0.15, 0.2) is 53.1 Å². The van der Waals surface area contributed by atoms with Gasteiger partial charge in [-0.1, -0.05) is 13.0 Å². The summed E-state index contributed by atoms with van der Waals surface area (Å²) in [4.78, 5) is 13.3. The van der Waals surface area contributed by atoms with Gasteiger partial charge in [0.2, 0.25) is 5.95 Å². The topological polar surface area (TPSA) is 62.7 Å². The average Bonchev–Trinajstić information content (AvgIpc) is 2.69. The van der Waals surface area contributed by atoms with Crippen molar-refractivity contribution in [2.24, 2.45) is 0 Å². The van der Waals surface area contributed by atoms with Crippen LogP contribution in [0.25, 0.3) is 11.4 Å². The number of hydrogen-bond acceptors (Lipinski definition) is 5. The molecule has 5 nitrogen and oxygen atoms in total. The Morgan fingerprint density at radius 1 is 1.07 bits per heavy atom. The second-order valence-corrected chi connectivity index (χ2v) is 7.30. The van der Waals surface area contributed by atoms with Gasteiger partial charge in [-0.2, -0.15) is 18.2 Å². The Kier molecular flexibility index (Phi) is 6.36. The van der Waals surface area contributed by atoms with Gasteiger partial charge in [-0.05, 0) is 59.6 Å². The van der Waals surface area contributed by atoms with Crippen LogP contribution in [0.2, 0.25) is 0 Å². The number of aromatic nitrogens is 3. The molecule has 0 saturated carbocycles. The monoisotopic (exact) mass is 465 g/mol.